The smallest absolute Gasteiger partial charge is 0.223 e. The van der Waals surface area contributed by atoms with Crippen LogP contribution >= 0.6 is 0 Å². The standard InChI is InChI=1S/C17H12FNO3/c18-13-7-5-11(6-8-13)9-12(10-16(20)21)17-19-14-3-1-2-4-15(14)22-17/h1-9H,10H2,(H,20,21)/p-1/b12-9+. The Morgan fingerprint density at radius 3 is 2.59 bits per heavy atom. The van der Waals surface area contributed by atoms with E-state index in [1.807, 2.05) is 6.07 Å². The minimum Gasteiger partial charge on any atom is -0.550 e. The molecule has 1 heterocycles. The first kappa shape index (κ1) is 14.0. The average Bonchev–Trinajstić information content (AvgIpc) is 2.92. The summed E-state index contributed by atoms with van der Waals surface area (Å²) in [6, 6.07) is 12.8. The van der Waals surface area contributed by atoms with E-state index in [0.29, 0.717) is 22.2 Å². The van der Waals surface area contributed by atoms with Gasteiger partial charge in [0.2, 0.25) is 5.89 Å². The Morgan fingerprint density at radius 1 is 1.18 bits per heavy atom. The minimum atomic E-state index is -1.24. The molecular weight excluding hydrogens is 285 g/mol. The third-order valence-electron chi connectivity index (χ3n) is 3.11. The first-order chi connectivity index (χ1) is 10.6. The number of carboxylic acid groups (broad SMARTS) is 1. The van der Waals surface area contributed by atoms with Crippen molar-refractivity contribution in [2.24, 2.45) is 0 Å². The number of rotatable bonds is 4. The van der Waals surface area contributed by atoms with Crippen LogP contribution < -0.4 is 5.11 Å². The Balaban J connectivity index is 2.05. The number of benzene rings is 2. The molecule has 110 valence electrons. The van der Waals surface area contributed by atoms with Crippen molar-refractivity contribution in [2.75, 3.05) is 0 Å². The van der Waals surface area contributed by atoms with Gasteiger partial charge in [-0.1, -0.05) is 24.3 Å². The van der Waals surface area contributed by atoms with E-state index in [-0.39, 0.29) is 18.1 Å². The fourth-order valence-corrected chi connectivity index (χ4v) is 2.11. The second kappa shape index (κ2) is 5.81. The number of halogens is 1. The Labute approximate surface area is 125 Å². The van der Waals surface area contributed by atoms with E-state index in [2.05, 4.69) is 4.98 Å². The molecule has 0 fully saturated rings. The lowest BCUT2D eigenvalue weighted by Crippen LogP contribution is -2.22. The van der Waals surface area contributed by atoms with E-state index in [0.717, 1.165) is 0 Å². The van der Waals surface area contributed by atoms with Gasteiger partial charge in [0.1, 0.15) is 11.3 Å². The molecule has 0 atom stereocenters. The zero-order valence-electron chi connectivity index (χ0n) is 11.5. The van der Waals surface area contributed by atoms with E-state index in [1.54, 1.807) is 36.4 Å². The lowest BCUT2D eigenvalue weighted by atomic mass is 10.1. The van der Waals surface area contributed by atoms with Crippen molar-refractivity contribution in [1.29, 1.82) is 0 Å². The van der Waals surface area contributed by atoms with Crippen LogP contribution in [0.15, 0.2) is 52.9 Å². The van der Waals surface area contributed by atoms with Gasteiger partial charge in [-0.3, -0.25) is 0 Å². The van der Waals surface area contributed by atoms with Crippen molar-refractivity contribution in [2.45, 2.75) is 6.42 Å². The number of aliphatic carboxylic acids is 1. The predicted molar refractivity (Wildman–Crippen MR) is 77.9 cm³/mol. The van der Waals surface area contributed by atoms with Crippen molar-refractivity contribution in [3.8, 4) is 0 Å². The molecule has 0 aliphatic heterocycles. The fraction of sp³-hybridized carbons (Fsp3) is 0.0588. The number of oxazole rings is 1. The zero-order chi connectivity index (χ0) is 15.5. The largest absolute Gasteiger partial charge is 0.550 e. The summed E-state index contributed by atoms with van der Waals surface area (Å²) < 4.78 is 18.5. The van der Waals surface area contributed by atoms with Gasteiger partial charge in [-0.15, -0.1) is 0 Å². The molecule has 0 aliphatic carbocycles. The van der Waals surface area contributed by atoms with Gasteiger partial charge in [-0.05, 0) is 35.9 Å². The van der Waals surface area contributed by atoms with Crippen LogP contribution in [0.1, 0.15) is 17.9 Å². The van der Waals surface area contributed by atoms with Crippen molar-refractivity contribution >= 4 is 28.7 Å². The van der Waals surface area contributed by atoms with Gasteiger partial charge in [0.25, 0.3) is 0 Å². The van der Waals surface area contributed by atoms with Crippen LogP contribution in [0.3, 0.4) is 0 Å². The molecule has 0 saturated carbocycles. The summed E-state index contributed by atoms with van der Waals surface area (Å²) in [5, 5.41) is 11.0. The molecule has 1 aromatic heterocycles. The number of aromatic nitrogens is 1. The topological polar surface area (TPSA) is 66.2 Å². The van der Waals surface area contributed by atoms with Gasteiger partial charge in [0, 0.05) is 18.0 Å². The van der Waals surface area contributed by atoms with E-state index in [4.69, 9.17) is 4.42 Å². The van der Waals surface area contributed by atoms with Crippen molar-refractivity contribution in [3.05, 3.63) is 65.8 Å². The molecule has 0 N–H and O–H groups in total. The first-order valence-electron chi connectivity index (χ1n) is 6.64. The summed E-state index contributed by atoms with van der Waals surface area (Å²) >= 11 is 0. The van der Waals surface area contributed by atoms with E-state index in [9.17, 15) is 14.3 Å². The maximum absolute atomic E-state index is 12.9. The average molecular weight is 296 g/mol. The number of carbonyl (C=O) groups excluding carboxylic acids is 1. The quantitative estimate of drug-likeness (QED) is 0.742. The van der Waals surface area contributed by atoms with Crippen molar-refractivity contribution in [3.63, 3.8) is 0 Å². The second-order valence-electron chi connectivity index (χ2n) is 4.76. The molecule has 0 bridgehead atoms. The van der Waals surface area contributed by atoms with Gasteiger partial charge in [-0.25, -0.2) is 9.37 Å². The monoisotopic (exact) mass is 296 g/mol. The predicted octanol–water partition coefficient (Wildman–Crippen LogP) is 2.65. The van der Waals surface area contributed by atoms with Crippen LogP contribution in [-0.2, 0) is 4.79 Å². The van der Waals surface area contributed by atoms with Crippen LogP contribution in [0.4, 0.5) is 4.39 Å². The van der Waals surface area contributed by atoms with Crippen LogP contribution in [0, 0.1) is 5.82 Å². The number of nitrogens with zero attached hydrogens (tertiary/aromatic N) is 1. The molecule has 2 aromatic carbocycles. The van der Waals surface area contributed by atoms with Gasteiger partial charge in [0.15, 0.2) is 5.58 Å². The molecule has 3 aromatic rings. The van der Waals surface area contributed by atoms with Crippen LogP contribution in [-0.4, -0.2) is 11.0 Å². The number of carboxylic acids is 1. The summed E-state index contributed by atoms with van der Waals surface area (Å²) in [6.45, 7) is 0. The Morgan fingerprint density at radius 2 is 1.91 bits per heavy atom. The number of para-hydroxylation sites is 2. The molecular formula is C17H11FNO3-. The molecule has 22 heavy (non-hydrogen) atoms. The van der Waals surface area contributed by atoms with Gasteiger partial charge < -0.3 is 14.3 Å². The Kier molecular flexibility index (Phi) is 3.70. The highest BCUT2D eigenvalue weighted by molar-refractivity contribution is 5.90. The Bertz CT molecular complexity index is 817. The molecule has 0 unspecified atom stereocenters. The van der Waals surface area contributed by atoms with E-state index in [1.165, 1.54) is 12.1 Å². The van der Waals surface area contributed by atoms with Gasteiger partial charge >= 0.3 is 0 Å². The summed E-state index contributed by atoms with van der Waals surface area (Å²) in [6.07, 6.45) is 1.25. The molecule has 4 nitrogen and oxygen atoms in total. The summed E-state index contributed by atoms with van der Waals surface area (Å²) in [4.78, 5) is 15.2. The number of hydrogen-bond acceptors (Lipinski definition) is 4. The highest BCUT2D eigenvalue weighted by Gasteiger charge is 2.11. The SMILES string of the molecule is O=C([O-])C/C(=C\c1ccc(F)cc1)c1nc2ccccc2o1. The number of fused-ring (bicyclic) bond motifs is 1. The second-order valence-corrected chi connectivity index (χ2v) is 4.76. The van der Waals surface area contributed by atoms with E-state index < -0.39 is 5.97 Å². The van der Waals surface area contributed by atoms with Crippen molar-refractivity contribution < 1.29 is 18.7 Å². The van der Waals surface area contributed by atoms with Crippen LogP contribution in [0.25, 0.3) is 22.7 Å². The highest BCUT2D eigenvalue weighted by Crippen LogP contribution is 2.25. The molecule has 3 rings (SSSR count). The lowest BCUT2D eigenvalue weighted by Gasteiger charge is -2.05. The number of carbonyl (C=O) groups is 1. The summed E-state index contributed by atoms with van der Waals surface area (Å²) in [5.74, 6) is -1.38. The number of hydrogen-bond donors (Lipinski definition) is 0. The van der Waals surface area contributed by atoms with E-state index >= 15 is 0 Å². The molecule has 0 amide bonds. The fourth-order valence-electron chi connectivity index (χ4n) is 2.11. The zero-order valence-corrected chi connectivity index (χ0v) is 11.5. The lowest BCUT2D eigenvalue weighted by molar-refractivity contribution is -0.304. The van der Waals surface area contributed by atoms with Crippen LogP contribution in [0.2, 0.25) is 0 Å². The molecule has 5 heteroatoms. The Hall–Kier alpha value is -2.95. The molecule has 0 saturated heterocycles. The third kappa shape index (κ3) is 3.03. The maximum Gasteiger partial charge on any atom is 0.223 e. The molecule has 0 radical (unpaired) electrons. The summed E-state index contributed by atoms with van der Waals surface area (Å²) in [7, 11) is 0. The highest BCUT2D eigenvalue weighted by atomic mass is 19.1. The van der Waals surface area contributed by atoms with Crippen molar-refractivity contribution in [1.82, 2.24) is 4.98 Å². The van der Waals surface area contributed by atoms with Gasteiger partial charge in [0.05, 0.1) is 0 Å². The minimum absolute atomic E-state index is 0.217. The normalized spacial score (nSPS) is 11.8. The van der Waals surface area contributed by atoms with Gasteiger partial charge in [-0.2, -0.15) is 0 Å². The first-order valence-corrected chi connectivity index (χ1v) is 6.64. The summed E-state index contributed by atoms with van der Waals surface area (Å²) in [5.41, 5.74) is 2.23. The van der Waals surface area contributed by atoms with Crippen LogP contribution in [0.5, 0.6) is 0 Å². The molecule has 0 aliphatic rings. The molecule has 0 spiro atoms. The third-order valence-corrected chi connectivity index (χ3v) is 3.11. The maximum atomic E-state index is 12.9.